The number of anilines is 3. The Morgan fingerprint density at radius 2 is 1.10 bits per heavy atom. The van der Waals surface area contributed by atoms with Crippen LogP contribution < -0.4 is 4.90 Å². The maximum atomic E-state index is 6.57. The maximum Gasteiger partial charge on any atom is 0.228 e. The van der Waals surface area contributed by atoms with E-state index in [1.807, 2.05) is 36.4 Å². The first-order chi connectivity index (χ1) is 24.3. The summed E-state index contributed by atoms with van der Waals surface area (Å²) in [7, 11) is 0. The second-order valence-electron chi connectivity index (χ2n) is 12.4. The summed E-state index contributed by atoms with van der Waals surface area (Å²) in [5, 5.41) is 6.61. The van der Waals surface area contributed by atoms with Gasteiger partial charge in [-0.1, -0.05) is 109 Å². The van der Waals surface area contributed by atoms with Crippen LogP contribution in [0.1, 0.15) is 0 Å². The second-order valence-corrected chi connectivity index (χ2v) is 12.4. The third-order valence-corrected chi connectivity index (χ3v) is 9.48. The van der Waals surface area contributed by atoms with Gasteiger partial charge in [0.25, 0.3) is 0 Å². The molecule has 0 aliphatic heterocycles. The number of furan rings is 1. The Hall–Kier alpha value is -6.65. The normalized spacial score (nSPS) is 11.7. The Labute approximate surface area is 282 Å². The molecule has 0 aliphatic rings. The molecule has 10 rings (SSSR count). The summed E-state index contributed by atoms with van der Waals surface area (Å²) in [6.45, 7) is 0. The number of fused-ring (bicyclic) bond motifs is 7. The fourth-order valence-electron chi connectivity index (χ4n) is 7.10. The largest absolute Gasteiger partial charge is 0.456 e. The summed E-state index contributed by atoms with van der Waals surface area (Å²) in [5.74, 6) is 0.583. The summed E-state index contributed by atoms with van der Waals surface area (Å²) >= 11 is 0. The number of benzene rings is 8. The number of aromatic nitrogens is 1. The zero-order valence-electron chi connectivity index (χ0n) is 26.4. The number of nitrogens with zero attached hydrogens (tertiary/aromatic N) is 2. The fourth-order valence-corrected chi connectivity index (χ4v) is 7.10. The van der Waals surface area contributed by atoms with Crippen molar-refractivity contribution in [1.29, 1.82) is 0 Å². The van der Waals surface area contributed by atoms with Crippen molar-refractivity contribution in [3.63, 3.8) is 0 Å². The molecule has 2 aromatic heterocycles. The van der Waals surface area contributed by atoms with Crippen LogP contribution in [-0.2, 0) is 0 Å². The van der Waals surface area contributed by atoms with E-state index in [9.17, 15) is 0 Å². The Kier molecular flexibility index (Phi) is 6.15. The highest BCUT2D eigenvalue weighted by molar-refractivity contribution is 6.13. The van der Waals surface area contributed by atoms with Crippen LogP contribution in [0.25, 0.3) is 77.2 Å². The minimum atomic E-state index is 0.583. The molecule has 0 amide bonds. The minimum Gasteiger partial charge on any atom is -0.456 e. The van der Waals surface area contributed by atoms with Gasteiger partial charge in [-0.3, -0.25) is 0 Å². The van der Waals surface area contributed by atoms with Crippen molar-refractivity contribution in [3.8, 4) is 22.6 Å². The lowest BCUT2D eigenvalue weighted by molar-refractivity contribution is 0.620. The van der Waals surface area contributed by atoms with Gasteiger partial charge in [0, 0.05) is 44.9 Å². The van der Waals surface area contributed by atoms with Crippen LogP contribution in [0.2, 0.25) is 0 Å². The molecule has 0 bridgehead atoms. The topological polar surface area (TPSA) is 42.4 Å². The third kappa shape index (κ3) is 4.57. The second kappa shape index (κ2) is 11.0. The van der Waals surface area contributed by atoms with Crippen molar-refractivity contribution >= 4 is 71.6 Å². The Morgan fingerprint density at radius 1 is 0.408 bits per heavy atom. The predicted molar refractivity (Wildman–Crippen MR) is 202 cm³/mol. The van der Waals surface area contributed by atoms with Gasteiger partial charge in [-0.05, 0) is 81.9 Å². The van der Waals surface area contributed by atoms with E-state index in [4.69, 9.17) is 13.8 Å². The first-order valence-corrected chi connectivity index (χ1v) is 16.5. The van der Waals surface area contributed by atoms with Crippen molar-refractivity contribution in [2.24, 2.45) is 0 Å². The van der Waals surface area contributed by atoms with Gasteiger partial charge in [-0.2, -0.15) is 0 Å². The zero-order valence-corrected chi connectivity index (χ0v) is 26.4. The summed E-state index contributed by atoms with van der Waals surface area (Å²) in [5.41, 5.74) is 9.64. The van der Waals surface area contributed by atoms with Crippen LogP contribution in [-0.4, -0.2) is 4.98 Å². The molecule has 230 valence electrons. The van der Waals surface area contributed by atoms with Crippen LogP contribution in [0.15, 0.2) is 179 Å². The Balaban J connectivity index is 1.12. The average molecular weight is 629 g/mol. The summed E-state index contributed by atoms with van der Waals surface area (Å²) < 4.78 is 13.0. The van der Waals surface area contributed by atoms with E-state index in [0.29, 0.717) is 5.89 Å². The van der Waals surface area contributed by atoms with Gasteiger partial charge in [0.2, 0.25) is 5.89 Å². The summed E-state index contributed by atoms with van der Waals surface area (Å²) in [6.07, 6.45) is 0. The quantitative estimate of drug-likeness (QED) is 0.190. The average Bonchev–Trinajstić information content (AvgIpc) is 3.78. The molecule has 0 aliphatic carbocycles. The smallest absolute Gasteiger partial charge is 0.228 e. The molecule has 0 spiro atoms. The van der Waals surface area contributed by atoms with Crippen LogP contribution in [0, 0.1) is 0 Å². The predicted octanol–water partition coefficient (Wildman–Crippen LogP) is 12.8. The van der Waals surface area contributed by atoms with Crippen LogP contribution in [0.4, 0.5) is 17.1 Å². The van der Waals surface area contributed by atoms with Gasteiger partial charge in [0.05, 0.1) is 0 Å². The first-order valence-electron chi connectivity index (χ1n) is 16.5. The highest BCUT2D eigenvalue weighted by Crippen LogP contribution is 2.42. The molecule has 49 heavy (non-hydrogen) atoms. The highest BCUT2D eigenvalue weighted by Gasteiger charge is 2.20. The van der Waals surface area contributed by atoms with E-state index in [2.05, 4.69) is 138 Å². The van der Waals surface area contributed by atoms with E-state index in [0.717, 1.165) is 66.4 Å². The molecule has 0 unspecified atom stereocenters. The highest BCUT2D eigenvalue weighted by atomic mass is 16.3. The number of hydrogen-bond donors (Lipinski definition) is 0. The molecule has 0 fully saturated rings. The minimum absolute atomic E-state index is 0.583. The van der Waals surface area contributed by atoms with Crippen LogP contribution in [0.3, 0.4) is 0 Å². The molecule has 0 radical (unpaired) electrons. The van der Waals surface area contributed by atoms with Gasteiger partial charge in [-0.25, -0.2) is 4.98 Å². The molecular weight excluding hydrogens is 601 g/mol. The molecule has 8 aromatic carbocycles. The molecule has 0 atom stereocenters. The standard InChI is InChI=1S/C45H28N2O2/c1-2-9-29(10-3-1)31-17-21-34(22-18-31)47(35-23-19-30-11-4-5-13-33(30)27-35)36-24-25-38-42(28-36)48-40-16-8-15-39(43(38)40)45-46-44-37-14-7-6-12-32(37)20-26-41(44)49-45/h1-28H. The van der Waals surface area contributed by atoms with Gasteiger partial charge in [0.1, 0.15) is 16.7 Å². The molecule has 0 saturated heterocycles. The third-order valence-electron chi connectivity index (χ3n) is 9.48. The molecule has 10 aromatic rings. The van der Waals surface area contributed by atoms with Gasteiger partial charge < -0.3 is 13.7 Å². The van der Waals surface area contributed by atoms with E-state index in [1.54, 1.807) is 0 Å². The lowest BCUT2D eigenvalue weighted by Crippen LogP contribution is -2.09. The van der Waals surface area contributed by atoms with Crippen LogP contribution >= 0.6 is 0 Å². The Bertz CT molecular complexity index is 2830. The molecule has 2 heterocycles. The van der Waals surface area contributed by atoms with Crippen molar-refractivity contribution in [2.45, 2.75) is 0 Å². The van der Waals surface area contributed by atoms with Crippen LogP contribution in [0.5, 0.6) is 0 Å². The lowest BCUT2D eigenvalue weighted by atomic mass is 10.0. The molecule has 0 N–H and O–H groups in total. The molecule has 4 heteroatoms. The van der Waals surface area contributed by atoms with E-state index >= 15 is 0 Å². The van der Waals surface area contributed by atoms with Crippen molar-refractivity contribution in [1.82, 2.24) is 4.98 Å². The maximum absolute atomic E-state index is 6.57. The van der Waals surface area contributed by atoms with Crippen molar-refractivity contribution in [2.75, 3.05) is 4.90 Å². The van der Waals surface area contributed by atoms with Crippen molar-refractivity contribution in [3.05, 3.63) is 170 Å². The summed E-state index contributed by atoms with van der Waals surface area (Å²) in [6, 6.07) is 59.2. The monoisotopic (exact) mass is 628 g/mol. The van der Waals surface area contributed by atoms with Gasteiger partial charge >= 0.3 is 0 Å². The number of hydrogen-bond acceptors (Lipinski definition) is 4. The lowest BCUT2D eigenvalue weighted by Gasteiger charge is -2.26. The number of oxazole rings is 1. The van der Waals surface area contributed by atoms with E-state index in [-0.39, 0.29) is 0 Å². The molecule has 4 nitrogen and oxygen atoms in total. The Morgan fingerprint density at radius 3 is 1.98 bits per heavy atom. The summed E-state index contributed by atoms with van der Waals surface area (Å²) in [4.78, 5) is 7.30. The van der Waals surface area contributed by atoms with E-state index in [1.165, 1.54) is 21.9 Å². The molecular formula is C45H28N2O2. The van der Waals surface area contributed by atoms with Crippen molar-refractivity contribution < 1.29 is 8.83 Å². The molecule has 0 saturated carbocycles. The zero-order chi connectivity index (χ0) is 32.3. The van der Waals surface area contributed by atoms with Gasteiger partial charge in [-0.15, -0.1) is 0 Å². The fraction of sp³-hybridized carbons (Fsp3) is 0. The van der Waals surface area contributed by atoms with Gasteiger partial charge in [0.15, 0.2) is 5.58 Å². The first kappa shape index (κ1) is 27.5. The number of rotatable bonds is 5. The SMILES string of the molecule is c1ccc(-c2ccc(N(c3ccc4ccccc4c3)c3ccc4c(c3)oc3cccc(-c5nc6c(ccc7ccccc76)o5)c34)cc2)cc1. The van der Waals surface area contributed by atoms with E-state index < -0.39 is 0 Å².